The Morgan fingerprint density at radius 2 is 2.04 bits per heavy atom. The van der Waals surface area contributed by atoms with Crippen LogP contribution in [-0.2, 0) is 24.0 Å². The number of aromatic nitrogens is 1. The number of hydrogen-bond donors (Lipinski definition) is 2. The minimum atomic E-state index is -1.39. The Morgan fingerprint density at radius 1 is 1.30 bits per heavy atom. The van der Waals surface area contributed by atoms with Crippen LogP contribution in [0.3, 0.4) is 0 Å². The molecule has 0 radical (unpaired) electrons. The van der Waals surface area contributed by atoms with Crippen LogP contribution < -0.4 is 10.5 Å². The molecular formula is C21H24N4OS. The highest BCUT2D eigenvalue weighted by Crippen LogP contribution is 2.24. The second kappa shape index (κ2) is 7.95. The lowest BCUT2D eigenvalue weighted by atomic mass is 10.1. The first-order valence-corrected chi connectivity index (χ1v) is 10.0. The molecular weight excluding hydrogens is 356 g/mol. The molecule has 0 fully saturated rings. The number of aryl methyl sites for hydroxylation is 2. The zero-order chi connectivity index (χ0) is 19.6. The van der Waals surface area contributed by atoms with Gasteiger partial charge >= 0.3 is 0 Å². The van der Waals surface area contributed by atoms with Crippen LogP contribution in [0, 0.1) is 25.2 Å². The van der Waals surface area contributed by atoms with Crippen molar-refractivity contribution < 1.29 is 4.21 Å². The first kappa shape index (κ1) is 19.2. The monoisotopic (exact) mass is 380 g/mol. The fourth-order valence-corrected chi connectivity index (χ4v) is 4.70. The van der Waals surface area contributed by atoms with E-state index in [-0.39, 0.29) is 6.04 Å². The van der Waals surface area contributed by atoms with Crippen LogP contribution in [0.1, 0.15) is 23.6 Å². The van der Waals surface area contributed by atoms with Gasteiger partial charge in [0.05, 0.1) is 17.4 Å². The van der Waals surface area contributed by atoms with Gasteiger partial charge < -0.3 is 10.3 Å². The Labute approximate surface area is 162 Å². The second-order valence-corrected chi connectivity index (χ2v) is 8.13. The highest BCUT2D eigenvalue weighted by atomic mass is 32.2. The van der Waals surface area contributed by atoms with Gasteiger partial charge in [-0.2, -0.15) is 5.26 Å². The van der Waals surface area contributed by atoms with Crippen molar-refractivity contribution in [2.45, 2.75) is 44.7 Å². The lowest BCUT2D eigenvalue weighted by Crippen LogP contribution is -2.32. The number of anilines is 1. The number of para-hydroxylation sites is 1. The number of benzene rings is 2. The molecule has 0 aliphatic rings. The van der Waals surface area contributed by atoms with E-state index in [1.807, 2.05) is 63.4 Å². The normalized spacial score (nSPS) is 13.4. The molecule has 0 bridgehead atoms. The van der Waals surface area contributed by atoms with Crippen molar-refractivity contribution in [2.75, 3.05) is 5.73 Å². The van der Waals surface area contributed by atoms with E-state index in [0.717, 1.165) is 27.6 Å². The molecule has 2 aromatic carbocycles. The van der Waals surface area contributed by atoms with Gasteiger partial charge in [-0.1, -0.05) is 24.3 Å². The molecule has 1 aromatic heterocycles. The predicted molar refractivity (Wildman–Crippen MR) is 111 cm³/mol. The zero-order valence-corrected chi connectivity index (χ0v) is 16.6. The minimum Gasteiger partial charge on any atom is -0.398 e. The molecule has 0 aliphatic carbocycles. The molecule has 2 unspecified atom stereocenters. The van der Waals surface area contributed by atoms with Crippen LogP contribution in [0.15, 0.2) is 47.5 Å². The summed E-state index contributed by atoms with van der Waals surface area (Å²) >= 11 is 0. The minimum absolute atomic E-state index is 0.0447. The van der Waals surface area contributed by atoms with E-state index in [2.05, 4.69) is 15.4 Å². The van der Waals surface area contributed by atoms with Crippen molar-refractivity contribution in [1.82, 2.24) is 9.29 Å². The Bertz CT molecular complexity index is 1030. The summed E-state index contributed by atoms with van der Waals surface area (Å²) in [5.74, 6) is 0. The number of hydrogen-bond acceptors (Lipinski definition) is 3. The third-order valence-electron chi connectivity index (χ3n) is 4.55. The molecule has 0 spiro atoms. The Kier molecular flexibility index (Phi) is 5.64. The van der Waals surface area contributed by atoms with Gasteiger partial charge in [-0.3, -0.25) is 0 Å². The second-order valence-electron chi connectivity index (χ2n) is 6.95. The highest BCUT2D eigenvalue weighted by molar-refractivity contribution is 7.83. The van der Waals surface area contributed by atoms with E-state index in [9.17, 15) is 4.21 Å². The molecule has 2 atom stereocenters. The molecule has 27 heavy (non-hydrogen) atoms. The average Bonchev–Trinajstić information content (AvgIpc) is 2.92. The van der Waals surface area contributed by atoms with Crippen molar-refractivity contribution in [3.63, 3.8) is 0 Å². The van der Waals surface area contributed by atoms with Crippen LogP contribution in [0.5, 0.6) is 0 Å². The van der Waals surface area contributed by atoms with E-state index in [1.165, 1.54) is 0 Å². The average molecular weight is 381 g/mol. The van der Waals surface area contributed by atoms with Crippen molar-refractivity contribution in [2.24, 2.45) is 0 Å². The van der Waals surface area contributed by atoms with E-state index in [0.29, 0.717) is 23.5 Å². The van der Waals surface area contributed by atoms with Gasteiger partial charge in [-0.15, -0.1) is 0 Å². The molecule has 3 aromatic rings. The molecule has 0 saturated heterocycles. The summed E-state index contributed by atoms with van der Waals surface area (Å²) in [6.07, 6.45) is 2.39. The maximum absolute atomic E-state index is 12.8. The lowest BCUT2D eigenvalue weighted by molar-refractivity contribution is 0.560. The molecule has 5 nitrogen and oxygen atoms in total. The number of nitrogen functional groups attached to an aromatic ring is 1. The number of nitrogens with two attached hydrogens (primary N) is 1. The molecule has 6 heteroatoms. The van der Waals surface area contributed by atoms with E-state index >= 15 is 0 Å². The van der Waals surface area contributed by atoms with Gasteiger partial charge in [-0.05, 0) is 49.6 Å². The number of nitriles is 1. The Hall–Kier alpha value is -2.62. The molecule has 3 N–H and O–H groups in total. The first-order valence-electron chi connectivity index (χ1n) is 8.89. The summed E-state index contributed by atoms with van der Waals surface area (Å²) in [5.41, 5.74) is 10.7. The van der Waals surface area contributed by atoms with Gasteiger partial charge in [-0.25, -0.2) is 8.93 Å². The predicted octanol–water partition coefficient (Wildman–Crippen LogP) is 3.61. The highest BCUT2D eigenvalue weighted by Gasteiger charge is 2.16. The standard InChI is InChI=1S/C21H24N4OS/c1-14-10-15(2)21(19(23)11-14)27(26)24-16(3)12-25-13-17(8-9-22)18-6-4-5-7-20(18)25/h4-7,10-11,13,16,24H,8,12,23H2,1-3H3. The Balaban J connectivity index is 1.81. The molecule has 0 saturated carbocycles. The fraction of sp³-hybridized carbons (Fsp3) is 0.286. The van der Waals surface area contributed by atoms with E-state index in [4.69, 9.17) is 11.0 Å². The first-order chi connectivity index (χ1) is 12.9. The van der Waals surface area contributed by atoms with E-state index in [1.54, 1.807) is 0 Å². The third-order valence-corrected chi connectivity index (χ3v) is 6.10. The van der Waals surface area contributed by atoms with Crippen molar-refractivity contribution in [3.05, 3.63) is 59.3 Å². The maximum atomic E-state index is 12.8. The van der Waals surface area contributed by atoms with Crippen molar-refractivity contribution in [3.8, 4) is 6.07 Å². The number of nitrogens with one attached hydrogen (secondary N) is 1. The van der Waals surface area contributed by atoms with Crippen LogP contribution in [-0.4, -0.2) is 14.8 Å². The van der Waals surface area contributed by atoms with Crippen LogP contribution in [0.25, 0.3) is 10.9 Å². The zero-order valence-electron chi connectivity index (χ0n) is 15.8. The van der Waals surface area contributed by atoms with Crippen LogP contribution in [0.4, 0.5) is 5.69 Å². The quantitative estimate of drug-likeness (QED) is 0.641. The largest absolute Gasteiger partial charge is 0.398 e. The number of rotatable bonds is 6. The van der Waals surface area contributed by atoms with Gasteiger partial charge in [0.25, 0.3) is 0 Å². The smallest absolute Gasteiger partial charge is 0.127 e. The molecule has 1 heterocycles. The lowest BCUT2D eigenvalue weighted by Gasteiger charge is -2.17. The van der Waals surface area contributed by atoms with Crippen LogP contribution >= 0.6 is 0 Å². The molecule has 0 amide bonds. The van der Waals surface area contributed by atoms with Gasteiger partial charge in [0.15, 0.2) is 0 Å². The summed E-state index contributed by atoms with van der Waals surface area (Å²) in [4.78, 5) is 0.648. The topological polar surface area (TPSA) is 83.8 Å². The van der Waals surface area contributed by atoms with Crippen molar-refractivity contribution >= 4 is 27.6 Å². The fourth-order valence-electron chi connectivity index (χ4n) is 3.51. The SMILES string of the molecule is Cc1cc(C)c(S(=O)NC(C)Cn2cc(CC#N)c3ccccc32)c(N)c1. The number of fused-ring (bicyclic) bond motifs is 1. The van der Waals surface area contributed by atoms with Gasteiger partial charge in [0.2, 0.25) is 0 Å². The summed E-state index contributed by atoms with van der Waals surface area (Å²) < 4.78 is 18.1. The maximum Gasteiger partial charge on any atom is 0.127 e. The summed E-state index contributed by atoms with van der Waals surface area (Å²) in [7, 11) is -1.39. The molecule has 3 rings (SSSR count). The van der Waals surface area contributed by atoms with Crippen LogP contribution in [0.2, 0.25) is 0 Å². The Morgan fingerprint density at radius 3 is 2.74 bits per heavy atom. The summed E-state index contributed by atoms with van der Waals surface area (Å²) in [5, 5.41) is 10.2. The molecule has 140 valence electrons. The van der Waals surface area contributed by atoms with E-state index < -0.39 is 11.0 Å². The van der Waals surface area contributed by atoms with Gasteiger partial charge in [0, 0.05) is 35.4 Å². The number of nitrogens with zero attached hydrogens (tertiary/aromatic N) is 2. The van der Waals surface area contributed by atoms with Gasteiger partial charge in [0.1, 0.15) is 11.0 Å². The summed E-state index contributed by atoms with van der Waals surface area (Å²) in [6.45, 7) is 6.54. The summed E-state index contributed by atoms with van der Waals surface area (Å²) in [6, 6.07) is 14.1. The van der Waals surface area contributed by atoms with Crippen molar-refractivity contribution in [1.29, 1.82) is 5.26 Å². The molecule has 0 aliphatic heterocycles. The third kappa shape index (κ3) is 4.05.